The second-order valence-corrected chi connectivity index (χ2v) is 6.12. The fourth-order valence-corrected chi connectivity index (χ4v) is 3.54. The molecule has 1 aromatic rings. The maximum atomic E-state index is 14.5. The number of carbonyl (C=O) groups is 2. The number of carbonyl (C=O) groups excluding carboxylic acids is 2. The first-order valence-electron chi connectivity index (χ1n) is 8.30. The fourth-order valence-electron chi connectivity index (χ4n) is 3.54. The molecule has 0 saturated carbocycles. The van der Waals surface area contributed by atoms with Crippen molar-refractivity contribution in [2.45, 2.75) is 39.0 Å². The summed E-state index contributed by atoms with van der Waals surface area (Å²) in [6, 6.07) is 3.52. The Morgan fingerprint density at radius 3 is 2.60 bits per heavy atom. The molecule has 0 bridgehead atoms. The first-order valence-corrected chi connectivity index (χ1v) is 8.30. The van der Waals surface area contributed by atoms with Gasteiger partial charge in [-0.1, -0.05) is 6.07 Å². The quantitative estimate of drug-likeness (QED) is 0.851. The number of hydrogen-bond donors (Lipinski definition) is 1. The minimum atomic E-state index is -1.09. The zero-order valence-electron chi connectivity index (χ0n) is 14.1. The third-order valence-corrected chi connectivity index (χ3v) is 4.56. The standard InChI is InChI=1S/C19H19F2NO3/c1-3-25-19(24)15-10(2)22-13-8-5-9-14(23)17(13)18(15)16-11(20)6-4-7-12(16)21/h4,6-7,18,22H,3,5,8-9H2,1-2H3/t18-/m1/s1. The molecule has 1 aromatic carbocycles. The van der Waals surface area contributed by atoms with E-state index in [0.717, 1.165) is 12.1 Å². The van der Waals surface area contributed by atoms with E-state index in [4.69, 9.17) is 4.74 Å². The van der Waals surface area contributed by atoms with E-state index in [2.05, 4.69) is 5.32 Å². The highest BCUT2D eigenvalue weighted by Crippen LogP contribution is 2.43. The van der Waals surface area contributed by atoms with E-state index >= 15 is 0 Å². The molecule has 0 amide bonds. The average molecular weight is 347 g/mol. The van der Waals surface area contributed by atoms with Crippen molar-refractivity contribution in [2.75, 3.05) is 6.61 Å². The van der Waals surface area contributed by atoms with Crippen LogP contribution in [-0.4, -0.2) is 18.4 Å². The van der Waals surface area contributed by atoms with Crippen molar-refractivity contribution in [3.63, 3.8) is 0 Å². The topological polar surface area (TPSA) is 55.4 Å². The van der Waals surface area contributed by atoms with Crippen LogP contribution >= 0.6 is 0 Å². The number of benzene rings is 1. The second kappa shape index (κ2) is 6.78. The molecule has 0 radical (unpaired) electrons. The number of Topliss-reactive ketones (excluding diaryl/α,β-unsaturated/α-hetero) is 1. The third kappa shape index (κ3) is 2.97. The van der Waals surface area contributed by atoms with E-state index in [1.165, 1.54) is 6.07 Å². The molecule has 0 saturated heterocycles. The summed E-state index contributed by atoms with van der Waals surface area (Å²) in [4.78, 5) is 25.0. The van der Waals surface area contributed by atoms with Crippen LogP contribution in [0, 0.1) is 11.6 Å². The van der Waals surface area contributed by atoms with E-state index in [9.17, 15) is 18.4 Å². The van der Waals surface area contributed by atoms with E-state index < -0.39 is 23.5 Å². The largest absolute Gasteiger partial charge is 0.463 e. The number of dihydropyridines is 1. The Kier molecular flexibility index (Phi) is 4.70. The van der Waals surface area contributed by atoms with Crippen LogP contribution in [0.15, 0.2) is 40.7 Å². The van der Waals surface area contributed by atoms with Gasteiger partial charge in [-0.15, -0.1) is 0 Å². The van der Waals surface area contributed by atoms with Gasteiger partial charge in [0.05, 0.1) is 18.1 Å². The van der Waals surface area contributed by atoms with Gasteiger partial charge in [-0.3, -0.25) is 4.79 Å². The van der Waals surface area contributed by atoms with Crippen molar-refractivity contribution in [2.24, 2.45) is 0 Å². The van der Waals surface area contributed by atoms with Crippen LogP contribution in [0.25, 0.3) is 0 Å². The summed E-state index contributed by atoms with van der Waals surface area (Å²) < 4.78 is 34.1. The molecule has 1 N–H and O–H groups in total. The van der Waals surface area contributed by atoms with Crippen molar-refractivity contribution in [3.8, 4) is 0 Å². The van der Waals surface area contributed by atoms with E-state index in [1.807, 2.05) is 0 Å². The predicted molar refractivity (Wildman–Crippen MR) is 87.5 cm³/mol. The van der Waals surface area contributed by atoms with E-state index in [1.54, 1.807) is 13.8 Å². The Morgan fingerprint density at radius 2 is 1.96 bits per heavy atom. The molecule has 25 heavy (non-hydrogen) atoms. The number of allylic oxidation sites excluding steroid dienone is 3. The van der Waals surface area contributed by atoms with Gasteiger partial charge >= 0.3 is 5.97 Å². The number of halogens is 2. The zero-order chi connectivity index (χ0) is 18.1. The molecule has 6 heteroatoms. The lowest BCUT2D eigenvalue weighted by atomic mass is 9.75. The van der Waals surface area contributed by atoms with Gasteiger partial charge < -0.3 is 10.1 Å². The molecular formula is C19H19F2NO3. The monoisotopic (exact) mass is 347 g/mol. The Labute approximate surface area is 144 Å². The summed E-state index contributed by atoms with van der Waals surface area (Å²) >= 11 is 0. The first-order chi connectivity index (χ1) is 12.0. The van der Waals surface area contributed by atoms with Crippen molar-refractivity contribution in [1.29, 1.82) is 0 Å². The molecule has 4 nitrogen and oxygen atoms in total. The van der Waals surface area contributed by atoms with E-state index in [0.29, 0.717) is 30.7 Å². The lowest BCUT2D eigenvalue weighted by molar-refractivity contribution is -0.138. The van der Waals surface area contributed by atoms with Crippen molar-refractivity contribution in [1.82, 2.24) is 5.32 Å². The zero-order valence-corrected chi connectivity index (χ0v) is 14.1. The summed E-state index contributed by atoms with van der Waals surface area (Å²) in [5, 5.41) is 3.07. The van der Waals surface area contributed by atoms with Gasteiger partial charge in [-0.05, 0) is 38.8 Å². The molecule has 0 aromatic heterocycles. The molecule has 0 unspecified atom stereocenters. The van der Waals surface area contributed by atoms with Gasteiger partial charge in [0.1, 0.15) is 11.6 Å². The maximum Gasteiger partial charge on any atom is 0.336 e. The summed E-state index contributed by atoms with van der Waals surface area (Å²) in [5.41, 5.74) is 1.16. The number of rotatable bonds is 3. The van der Waals surface area contributed by atoms with Gasteiger partial charge in [0.25, 0.3) is 0 Å². The highest BCUT2D eigenvalue weighted by atomic mass is 19.1. The van der Waals surface area contributed by atoms with Crippen molar-refractivity contribution in [3.05, 3.63) is 57.9 Å². The Balaban J connectivity index is 2.25. The normalized spacial score (nSPS) is 20.3. The molecule has 132 valence electrons. The average Bonchev–Trinajstić information content (AvgIpc) is 2.54. The Hall–Kier alpha value is -2.50. The van der Waals surface area contributed by atoms with Crippen LogP contribution in [0.2, 0.25) is 0 Å². The van der Waals surface area contributed by atoms with Gasteiger partial charge in [0.2, 0.25) is 0 Å². The minimum Gasteiger partial charge on any atom is -0.463 e. The molecule has 3 rings (SSSR count). The van der Waals surface area contributed by atoms with Gasteiger partial charge in [-0.25, -0.2) is 13.6 Å². The maximum absolute atomic E-state index is 14.5. The third-order valence-electron chi connectivity index (χ3n) is 4.56. The number of nitrogens with one attached hydrogen (secondary N) is 1. The van der Waals surface area contributed by atoms with Crippen LogP contribution in [0.1, 0.15) is 44.6 Å². The van der Waals surface area contributed by atoms with Crippen LogP contribution in [-0.2, 0) is 14.3 Å². The van der Waals surface area contributed by atoms with Crippen molar-refractivity contribution < 1.29 is 23.1 Å². The molecular weight excluding hydrogens is 328 g/mol. The molecule has 2 aliphatic rings. The smallest absolute Gasteiger partial charge is 0.336 e. The Bertz CT molecular complexity index is 791. The molecule has 1 heterocycles. The summed E-state index contributed by atoms with van der Waals surface area (Å²) in [7, 11) is 0. The number of esters is 1. The molecule has 1 aliphatic heterocycles. The van der Waals surface area contributed by atoms with Crippen molar-refractivity contribution >= 4 is 11.8 Å². The predicted octanol–water partition coefficient (Wildman–Crippen LogP) is 3.50. The number of hydrogen-bond acceptors (Lipinski definition) is 4. The Morgan fingerprint density at radius 1 is 1.28 bits per heavy atom. The SMILES string of the molecule is CCOC(=O)C1=C(C)NC2=C(C(=O)CCC2)[C@H]1c1c(F)cccc1F. The first kappa shape index (κ1) is 17.3. The summed E-state index contributed by atoms with van der Waals surface area (Å²) in [6.07, 6.45) is 1.56. The highest BCUT2D eigenvalue weighted by Gasteiger charge is 2.41. The van der Waals surface area contributed by atoms with Crippen LogP contribution in [0.4, 0.5) is 8.78 Å². The lowest BCUT2D eigenvalue weighted by Crippen LogP contribution is -2.35. The molecule has 0 fully saturated rings. The number of ether oxygens (including phenoxy) is 1. The fraction of sp³-hybridized carbons (Fsp3) is 0.368. The minimum absolute atomic E-state index is 0.0832. The lowest BCUT2D eigenvalue weighted by Gasteiger charge is -2.34. The van der Waals surface area contributed by atoms with Crippen LogP contribution in [0.5, 0.6) is 0 Å². The van der Waals surface area contributed by atoms with E-state index in [-0.39, 0.29) is 29.1 Å². The van der Waals surface area contributed by atoms with Gasteiger partial charge in [-0.2, -0.15) is 0 Å². The number of ketones is 1. The molecule has 1 aliphatic carbocycles. The molecule has 0 spiro atoms. The van der Waals surface area contributed by atoms with Crippen LogP contribution < -0.4 is 5.32 Å². The summed E-state index contributed by atoms with van der Waals surface area (Å²) in [5.74, 6) is -3.54. The van der Waals surface area contributed by atoms with Gasteiger partial charge in [0.15, 0.2) is 5.78 Å². The second-order valence-electron chi connectivity index (χ2n) is 6.12. The highest BCUT2D eigenvalue weighted by molar-refractivity contribution is 6.03. The molecule has 1 atom stereocenters. The summed E-state index contributed by atoms with van der Waals surface area (Å²) in [6.45, 7) is 3.43. The van der Waals surface area contributed by atoms with Gasteiger partial charge in [0, 0.05) is 29.0 Å². The van der Waals surface area contributed by atoms with Crippen LogP contribution in [0.3, 0.4) is 0 Å².